The molecule has 2 amide bonds. The first-order valence-electron chi connectivity index (χ1n) is 12.1. The molecule has 2 unspecified atom stereocenters. The molecule has 0 heterocycles. The van der Waals surface area contributed by atoms with Gasteiger partial charge in [0, 0.05) is 24.4 Å². The minimum absolute atomic E-state index is 0.0117. The van der Waals surface area contributed by atoms with Gasteiger partial charge >= 0.3 is 12.1 Å². The van der Waals surface area contributed by atoms with Gasteiger partial charge in [-0.2, -0.15) is 0 Å². The van der Waals surface area contributed by atoms with E-state index in [1.54, 1.807) is 0 Å². The predicted octanol–water partition coefficient (Wildman–Crippen LogP) is 3.92. The highest BCUT2D eigenvalue weighted by Crippen LogP contribution is 2.44. The molecule has 0 bridgehead atoms. The van der Waals surface area contributed by atoms with Crippen LogP contribution in [0.25, 0.3) is 11.1 Å². The zero-order chi connectivity index (χ0) is 23.7. The number of fused-ring (bicyclic) bond motifs is 3. The molecule has 178 valence electrons. The lowest BCUT2D eigenvalue weighted by atomic mass is 9.98. The number of carboxylic acids is 1. The fourth-order valence-corrected chi connectivity index (χ4v) is 5.64. The second-order valence-electron chi connectivity index (χ2n) is 9.71. The summed E-state index contributed by atoms with van der Waals surface area (Å²) in [6.45, 7) is 0.666. The maximum Gasteiger partial charge on any atom is 0.407 e. The molecule has 2 aromatic carbocycles. The first kappa shape index (κ1) is 22.4. The minimum Gasteiger partial charge on any atom is -0.481 e. The monoisotopic (exact) mass is 462 g/mol. The van der Waals surface area contributed by atoms with Crippen molar-refractivity contribution in [1.82, 2.24) is 10.6 Å². The van der Waals surface area contributed by atoms with Crippen LogP contribution in [0, 0.1) is 17.8 Å². The molecule has 0 saturated heterocycles. The van der Waals surface area contributed by atoms with Crippen molar-refractivity contribution in [3.8, 4) is 11.1 Å². The van der Waals surface area contributed by atoms with Crippen molar-refractivity contribution in [2.75, 3.05) is 13.2 Å². The van der Waals surface area contributed by atoms with E-state index in [1.807, 2.05) is 24.3 Å². The Bertz CT molecular complexity index is 1050. The highest BCUT2D eigenvalue weighted by atomic mass is 16.5. The SMILES string of the molecule is O=C(O)C[C@@H]1CCC[C@H]1NC(=O)C1CC1CNC(=O)OCC1c2ccccc2-c2ccccc21. The highest BCUT2D eigenvalue weighted by molar-refractivity contribution is 5.82. The van der Waals surface area contributed by atoms with E-state index in [9.17, 15) is 14.4 Å². The van der Waals surface area contributed by atoms with Crippen molar-refractivity contribution < 1.29 is 24.2 Å². The van der Waals surface area contributed by atoms with Gasteiger partial charge in [0.1, 0.15) is 6.61 Å². The molecular weight excluding hydrogens is 432 g/mol. The number of aliphatic carboxylic acids is 1. The van der Waals surface area contributed by atoms with Gasteiger partial charge in [-0.1, -0.05) is 55.0 Å². The average Bonchev–Trinajstić information content (AvgIpc) is 3.39. The first-order valence-corrected chi connectivity index (χ1v) is 12.1. The van der Waals surface area contributed by atoms with Crippen LogP contribution >= 0.6 is 0 Å². The smallest absolute Gasteiger partial charge is 0.407 e. The lowest BCUT2D eigenvalue weighted by Crippen LogP contribution is -2.39. The predicted molar refractivity (Wildman–Crippen MR) is 126 cm³/mol. The number of carboxylic acid groups (broad SMARTS) is 1. The standard InChI is InChI=1S/C27H30N2O5/c30-25(31)13-16-6-5-11-24(16)29-26(32)22-12-17(22)14-28-27(33)34-15-23-20-9-3-1-7-18(20)19-8-2-4-10-21(19)23/h1-4,7-10,16-17,22-24H,5-6,11-15H2,(H,28,33)(H,29,32)(H,30,31)/t16-,17?,22?,24+/m0/s1. The van der Waals surface area contributed by atoms with Crippen LogP contribution < -0.4 is 10.6 Å². The quantitative estimate of drug-likeness (QED) is 0.552. The molecule has 34 heavy (non-hydrogen) atoms. The summed E-state index contributed by atoms with van der Waals surface area (Å²) in [6, 6.07) is 16.4. The van der Waals surface area contributed by atoms with Gasteiger partial charge in [-0.25, -0.2) is 4.79 Å². The van der Waals surface area contributed by atoms with Crippen LogP contribution in [0.1, 0.15) is 49.1 Å². The Hall–Kier alpha value is -3.35. The van der Waals surface area contributed by atoms with Crippen molar-refractivity contribution in [2.24, 2.45) is 17.8 Å². The number of rotatable bonds is 8. The van der Waals surface area contributed by atoms with Crippen molar-refractivity contribution in [2.45, 2.75) is 44.1 Å². The van der Waals surface area contributed by atoms with Gasteiger partial charge in [-0.15, -0.1) is 0 Å². The van der Waals surface area contributed by atoms with Gasteiger partial charge in [0.15, 0.2) is 0 Å². The second-order valence-corrected chi connectivity index (χ2v) is 9.71. The van der Waals surface area contributed by atoms with Gasteiger partial charge in [0.05, 0.1) is 6.42 Å². The third-order valence-electron chi connectivity index (χ3n) is 7.54. The molecule has 7 nitrogen and oxygen atoms in total. The van der Waals surface area contributed by atoms with Gasteiger partial charge in [0.2, 0.25) is 5.91 Å². The van der Waals surface area contributed by atoms with E-state index in [1.165, 1.54) is 22.3 Å². The van der Waals surface area contributed by atoms with Gasteiger partial charge in [0.25, 0.3) is 0 Å². The van der Waals surface area contributed by atoms with Crippen LogP contribution in [0.4, 0.5) is 4.79 Å². The number of hydrogen-bond donors (Lipinski definition) is 3. The third-order valence-corrected chi connectivity index (χ3v) is 7.54. The van der Waals surface area contributed by atoms with Crippen molar-refractivity contribution in [3.05, 3.63) is 59.7 Å². The number of ether oxygens (including phenoxy) is 1. The van der Waals surface area contributed by atoms with E-state index in [0.717, 1.165) is 25.7 Å². The molecule has 2 saturated carbocycles. The van der Waals surface area contributed by atoms with E-state index in [4.69, 9.17) is 9.84 Å². The number of benzene rings is 2. The van der Waals surface area contributed by atoms with Crippen LogP contribution in [0.5, 0.6) is 0 Å². The van der Waals surface area contributed by atoms with Crippen molar-refractivity contribution >= 4 is 18.0 Å². The average molecular weight is 463 g/mol. The van der Waals surface area contributed by atoms with Crippen molar-refractivity contribution in [3.63, 3.8) is 0 Å². The molecule has 4 atom stereocenters. The fourth-order valence-electron chi connectivity index (χ4n) is 5.64. The normalized spacial score (nSPS) is 24.7. The molecule has 2 aromatic rings. The Labute approximate surface area is 198 Å². The third kappa shape index (κ3) is 4.65. The van der Waals surface area contributed by atoms with Gasteiger partial charge in [-0.05, 0) is 53.4 Å². The zero-order valence-electron chi connectivity index (χ0n) is 19.0. The zero-order valence-corrected chi connectivity index (χ0v) is 19.0. The van der Waals surface area contributed by atoms with E-state index in [0.29, 0.717) is 6.54 Å². The maximum absolute atomic E-state index is 12.6. The molecule has 0 aliphatic heterocycles. The van der Waals surface area contributed by atoms with Crippen LogP contribution in [-0.4, -0.2) is 42.3 Å². The van der Waals surface area contributed by atoms with Crippen LogP contribution in [-0.2, 0) is 14.3 Å². The Balaban J connectivity index is 1.08. The Morgan fingerprint density at radius 2 is 1.62 bits per heavy atom. The highest BCUT2D eigenvalue weighted by Gasteiger charge is 2.44. The van der Waals surface area contributed by atoms with E-state index in [-0.39, 0.29) is 48.6 Å². The summed E-state index contributed by atoms with van der Waals surface area (Å²) in [4.78, 5) is 36.0. The van der Waals surface area contributed by atoms with Crippen LogP contribution in [0.3, 0.4) is 0 Å². The molecule has 7 heteroatoms. The number of hydrogen-bond acceptors (Lipinski definition) is 4. The van der Waals surface area contributed by atoms with Gasteiger partial charge in [-0.3, -0.25) is 9.59 Å². The minimum atomic E-state index is -0.817. The Morgan fingerprint density at radius 3 is 2.29 bits per heavy atom. The molecule has 3 N–H and O–H groups in total. The van der Waals surface area contributed by atoms with E-state index in [2.05, 4.69) is 34.9 Å². The van der Waals surface area contributed by atoms with E-state index < -0.39 is 12.1 Å². The summed E-state index contributed by atoms with van der Waals surface area (Å²) >= 11 is 0. The molecule has 5 rings (SSSR count). The lowest BCUT2D eigenvalue weighted by Gasteiger charge is -2.19. The topological polar surface area (TPSA) is 105 Å². The molecule has 3 aliphatic rings. The fraction of sp³-hybridized carbons (Fsp3) is 0.444. The summed E-state index contributed by atoms with van der Waals surface area (Å²) in [5, 5.41) is 14.9. The number of carbonyl (C=O) groups is 3. The summed E-state index contributed by atoms with van der Waals surface area (Å²) in [5.74, 6) is -0.843. The lowest BCUT2D eigenvalue weighted by molar-refractivity contribution is -0.138. The summed E-state index contributed by atoms with van der Waals surface area (Å²) < 4.78 is 5.57. The summed E-state index contributed by atoms with van der Waals surface area (Å²) in [7, 11) is 0. The van der Waals surface area contributed by atoms with Crippen molar-refractivity contribution in [1.29, 1.82) is 0 Å². The van der Waals surface area contributed by atoms with Crippen LogP contribution in [0.15, 0.2) is 48.5 Å². The molecule has 2 fully saturated rings. The van der Waals surface area contributed by atoms with E-state index >= 15 is 0 Å². The largest absolute Gasteiger partial charge is 0.481 e. The van der Waals surface area contributed by atoms with Gasteiger partial charge < -0.3 is 20.5 Å². The number of carbonyl (C=O) groups excluding carboxylic acids is 2. The molecule has 0 radical (unpaired) electrons. The second kappa shape index (κ2) is 9.49. The summed E-state index contributed by atoms with van der Waals surface area (Å²) in [5.41, 5.74) is 4.71. The first-order chi connectivity index (χ1) is 16.5. The number of alkyl carbamates (subject to hydrolysis) is 1. The maximum atomic E-state index is 12.6. The number of amides is 2. The molecule has 0 aromatic heterocycles. The van der Waals surface area contributed by atoms with Crippen LogP contribution in [0.2, 0.25) is 0 Å². The molecule has 0 spiro atoms. The Morgan fingerprint density at radius 1 is 0.941 bits per heavy atom. The molecule has 3 aliphatic carbocycles. The summed E-state index contributed by atoms with van der Waals surface area (Å²) in [6.07, 6.45) is 2.98. The number of nitrogens with one attached hydrogen (secondary N) is 2. The Kier molecular flexibility index (Phi) is 6.26. The molecular formula is C27H30N2O5.